The third-order valence-corrected chi connectivity index (χ3v) is 4.45. The fourth-order valence-corrected chi connectivity index (χ4v) is 3.17. The van der Waals surface area contributed by atoms with Gasteiger partial charge in [-0.25, -0.2) is 0 Å². The molecule has 0 bridgehead atoms. The number of methoxy groups -OCH3 is 1. The van der Waals surface area contributed by atoms with Crippen LogP contribution >= 0.6 is 0 Å². The zero-order valence-corrected chi connectivity index (χ0v) is 12.6. The Morgan fingerprint density at radius 1 is 1.26 bits per heavy atom. The second kappa shape index (κ2) is 6.36. The molecule has 1 aliphatic rings. The van der Waals surface area contributed by atoms with Crippen molar-refractivity contribution in [1.82, 2.24) is 0 Å². The average Bonchev–Trinajstić information content (AvgIpc) is 2.32. The van der Waals surface area contributed by atoms with Crippen LogP contribution in [0.4, 0.5) is 0 Å². The Hall–Kier alpha value is -1.12. The van der Waals surface area contributed by atoms with Gasteiger partial charge in [0, 0.05) is 12.8 Å². The normalized spacial score (nSPS) is 24.4. The second-order valence-corrected chi connectivity index (χ2v) is 6.38. The van der Waals surface area contributed by atoms with Crippen molar-refractivity contribution in [3.63, 3.8) is 0 Å². The number of hydrogen-bond donors (Lipinski definition) is 0. The predicted octanol–water partition coefficient (Wildman–Crippen LogP) is 3.53. The molecule has 0 saturated heterocycles. The van der Waals surface area contributed by atoms with Crippen LogP contribution in [-0.4, -0.2) is 18.9 Å². The Kier molecular flexibility index (Phi) is 5.33. The summed E-state index contributed by atoms with van der Waals surface area (Å²) in [5.74, 6) is 1.04. The van der Waals surface area contributed by atoms with E-state index in [0.717, 1.165) is 18.4 Å². The highest BCUT2D eigenvalue weighted by Crippen LogP contribution is 2.55. The number of carbonyl (C=O) groups is 2. The number of ether oxygens (including phenoxy) is 1. The maximum Gasteiger partial charge on any atom is 0.305 e. The molecule has 0 radical (unpaired) electrons. The molecule has 0 heterocycles. The van der Waals surface area contributed by atoms with E-state index >= 15 is 0 Å². The van der Waals surface area contributed by atoms with E-state index in [1.54, 1.807) is 6.92 Å². The lowest BCUT2D eigenvalue weighted by atomic mass is 9.52. The monoisotopic (exact) mass is 266 g/mol. The van der Waals surface area contributed by atoms with Crippen molar-refractivity contribution < 1.29 is 14.3 Å². The molecule has 0 aromatic rings. The minimum atomic E-state index is -0.181. The van der Waals surface area contributed by atoms with E-state index in [4.69, 9.17) is 0 Å². The molecule has 1 rings (SSSR count). The van der Waals surface area contributed by atoms with E-state index in [0.29, 0.717) is 31.1 Å². The van der Waals surface area contributed by atoms with E-state index in [1.165, 1.54) is 7.11 Å². The molecule has 108 valence electrons. The predicted molar refractivity (Wildman–Crippen MR) is 75.7 cm³/mol. The fourth-order valence-electron chi connectivity index (χ4n) is 3.17. The summed E-state index contributed by atoms with van der Waals surface area (Å²) in [4.78, 5) is 22.3. The van der Waals surface area contributed by atoms with Crippen LogP contribution < -0.4 is 0 Å². The van der Waals surface area contributed by atoms with Crippen molar-refractivity contribution in [3.05, 3.63) is 12.2 Å². The van der Waals surface area contributed by atoms with Crippen molar-refractivity contribution >= 4 is 11.8 Å². The van der Waals surface area contributed by atoms with E-state index in [2.05, 4.69) is 25.2 Å². The van der Waals surface area contributed by atoms with Crippen LogP contribution in [0.25, 0.3) is 0 Å². The molecular weight excluding hydrogens is 240 g/mol. The first-order chi connectivity index (χ1) is 8.77. The van der Waals surface area contributed by atoms with Crippen LogP contribution in [0.15, 0.2) is 12.2 Å². The molecule has 1 aliphatic carbocycles. The Bertz CT molecular complexity index is 368. The van der Waals surface area contributed by atoms with Gasteiger partial charge in [0.25, 0.3) is 0 Å². The SMILES string of the molecule is C=C(CCC(=O)OC)C1CC(C)(C)C1CCC(C)=O. The molecule has 0 N–H and O–H groups in total. The van der Waals surface area contributed by atoms with Crippen molar-refractivity contribution in [2.24, 2.45) is 17.3 Å². The number of ketones is 1. The van der Waals surface area contributed by atoms with E-state index < -0.39 is 0 Å². The van der Waals surface area contributed by atoms with Gasteiger partial charge in [-0.2, -0.15) is 0 Å². The average molecular weight is 266 g/mol. The van der Waals surface area contributed by atoms with Crippen LogP contribution in [0.3, 0.4) is 0 Å². The van der Waals surface area contributed by atoms with Gasteiger partial charge in [-0.1, -0.05) is 26.0 Å². The minimum Gasteiger partial charge on any atom is -0.469 e. The third-order valence-electron chi connectivity index (χ3n) is 4.45. The van der Waals surface area contributed by atoms with E-state index in [9.17, 15) is 9.59 Å². The van der Waals surface area contributed by atoms with Crippen molar-refractivity contribution in [1.29, 1.82) is 0 Å². The molecule has 0 aromatic heterocycles. The molecule has 2 atom stereocenters. The minimum absolute atomic E-state index is 0.181. The number of esters is 1. The molecule has 1 fully saturated rings. The highest BCUT2D eigenvalue weighted by atomic mass is 16.5. The summed E-state index contributed by atoms with van der Waals surface area (Å²) in [6.07, 6.45) is 3.80. The molecule has 2 unspecified atom stereocenters. The van der Waals surface area contributed by atoms with Crippen LogP contribution in [0.2, 0.25) is 0 Å². The molecule has 0 amide bonds. The molecule has 0 spiro atoms. The van der Waals surface area contributed by atoms with Crippen LogP contribution in [0, 0.1) is 17.3 Å². The van der Waals surface area contributed by atoms with Gasteiger partial charge in [-0.05, 0) is 43.4 Å². The van der Waals surface area contributed by atoms with E-state index in [-0.39, 0.29) is 17.2 Å². The Labute approximate surface area is 116 Å². The molecule has 19 heavy (non-hydrogen) atoms. The summed E-state index contributed by atoms with van der Waals surface area (Å²) in [5.41, 5.74) is 1.42. The Balaban J connectivity index is 2.50. The number of hydrogen-bond acceptors (Lipinski definition) is 3. The Morgan fingerprint density at radius 2 is 1.89 bits per heavy atom. The summed E-state index contributed by atoms with van der Waals surface area (Å²) >= 11 is 0. The van der Waals surface area contributed by atoms with Crippen LogP contribution in [0.1, 0.15) is 52.9 Å². The number of carbonyl (C=O) groups excluding carboxylic acids is 2. The van der Waals surface area contributed by atoms with E-state index in [1.807, 2.05) is 0 Å². The lowest BCUT2D eigenvalue weighted by molar-refractivity contribution is -0.140. The van der Waals surface area contributed by atoms with Gasteiger partial charge in [0.15, 0.2) is 0 Å². The van der Waals surface area contributed by atoms with Gasteiger partial charge in [0.2, 0.25) is 0 Å². The van der Waals surface area contributed by atoms with Crippen molar-refractivity contribution in [3.8, 4) is 0 Å². The topological polar surface area (TPSA) is 43.4 Å². The van der Waals surface area contributed by atoms with Gasteiger partial charge >= 0.3 is 5.97 Å². The van der Waals surface area contributed by atoms with Gasteiger partial charge < -0.3 is 9.53 Å². The van der Waals surface area contributed by atoms with Gasteiger partial charge in [-0.15, -0.1) is 0 Å². The number of allylic oxidation sites excluding steroid dienone is 1. The second-order valence-electron chi connectivity index (χ2n) is 6.38. The first-order valence-electron chi connectivity index (χ1n) is 7.02. The first-order valence-corrected chi connectivity index (χ1v) is 7.02. The Morgan fingerprint density at radius 3 is 2.37 bits per heavy atom. The summed E-state index contributed by atoms with van der Waals surface area (Å²) in [7, 11) is 1.41. The number of rotatable bonds is 7. The standard InChI is InChI=1S/C16H26O3/c1-11(6-9-15(18)19-5)13-10-16(3,4)14(13)8-7-12(2)17/h13-14H,1,6-10H2,2-5H3. The zero-order chi connectivity index (χ0) is 14.6. The first kappa shape index (κ1) is 15.9. The number of Topliss-reactive ketones (excluding diaryl/α,β-unsaturated/α-hetero) is 1. The highest BCUT2D eigenvalue weighted by molar-refractivity contribution is 5.75. The fraction of sp³-hybridized carbons (Fsp3) is 0.750. The van der Waals surface area contributed by atoms with Crippen LogP contribution in [0.5, 0.6) is 0 Å². The molecule has 0 aliphatic heterocycles. The van der Waals surface area contributed by atoms with Crippen molar-refractivity contribution in [2.45, 2.75) is 52.9 Å². The molecule has 3 nitrogen and oxygen atoms in total. The van der Waals surface area contributed by atoms with Gasteiger partial charge in [0.1, 0.15) is 5.78 Å². The molecule has 0 aromatic carbocycles. The molecule has 3 heteroatoms. The van der Waals surface area contributed by atoms with Gasteiger partial charge in [0.05, 0.1) is 7.11 Å². The van der Waals surface area contributed by atoms with Crippen LogP contribution in [-0.2, 0) is 14.3 Å². The quantitative estimate of drug-likeness (QED) is 0.523. The summed E-state index contributed by atoms with van der Waals surface area (Å²) in [5, 5.41) is 0. The van der Waals surface area contributed by atoms with Crippen molar-refractivity contribution in [2.75, 3.05) is 7.11 Å². The summed E-state index contributed by atoms with van der Waals surface area (Å²) < 4.78 is 4.65. The summed E-state index contributed by atoms with van der Waals surface area (Å²) in [6, 6.07) is 0. The largest absolute Gasteiger partial charge is 0.469 e. The summed E-state index contributed by atoms with van der Waals surface area (Å²) in [6.45, 7) is 10.3. The maximum atomic E-state index is 11.2. The smallest absolute Gasteiger partial charge is 0.305 e. The highest BCUT2D eigenvalue weighted by Gasteiger charge is 2.47. The third kappa shape index (κ3) is 4.19. The lowest BCUT2D eigenvalue weighted by Gasteiger charge is -2.53. The molecule has 1 saturated carbocycles. The zero-order valence-electron chi connectivity index (χ0n) is 12.6. The molecular formula is C16H26O3. The lowest BCUT2D eigenvalue weighted by Crippen LogP contribution is -2.44. The van der Waals surface area contributed by atoms with Gasteiger partial charge in [-0.3, -0.25) is 4.79 Å². The maximum absolute atomic E-state index is 11.2.